The van der Waals surface area contributed by atoms with Crippen molar-refractivity contribution in [1.29, 1.82) is 0 Å². The molecule has 2 aromatic carbocycles. The van der Waals surface area contributed by atoms with E-state index >= 15 is 4.39 Å². The normalized spacial score (nSPS) is 24.9. The third-order valence-corrected chi connectivity index (χ3v) is 14.9. The van der Waals surface area contributed by atoms with Gasteiger partial charge in [0.1, 0.15) is 23.9 Å². The number of carbonyl (C=O) groups excluding carboxylic acids is 4. The van der Waals surface area contributed by atoms with E-state index in [0.717, 1.165) is 24.2 Å². The number of rotatable bonds is 14. The monoisotopic (exact) mass is 855 g/mol. The maximum Gasteiger partial charge on any atom is 0.355 e. The standard InChI is InChI=1S/C41H45F3N5O8PS/c1-3-13-55-41(53)22(2)47-58(54,57-29-7-5-4-6-8-29)37(44)23-9-12-34-26(14-23)18-35(59-34)38(50)45-31-17-25-15-24(25)16-28-10-11-32(49(28)39(31)51)40(52)48-20-27(21-48)30-19-33(36(42)43)56-46-30/h4-9,12,14,18-19,22,24-25,27-28,31-32,36-37H,3,10-11,13,15-17,20-21H2,1-2H3,(H,45,50)(H,47,54)/t22-,24+,25-,28+,31-,32?,37?,58?/m0/s1. The molecule has 0 radical (unpaired) electrons. The summed E-state index contributed by atoms with van der Waals surface area (Å²) in [6.45, 7) is 3.95. The van der Waals surface area contributed by atoms with Crippen molar-refractivity contribution in [3.05, 3.63) is 82.6 Å². The number of carbonyl (C=O) groups is 4. The smallest absolute Gasteiger partial charge is 0.355 e. The van der Waals surface area contributed by atoms with Gasteiger partial charge in [-0.15, -0.1) is 11.3 Å². The average Bonchev–Trinajstić information content (AvgIpc) is 3.56. The van der Waals surface area contributed by atoms with Crippen LogP contribution in [-0.2, 0) is 23.7 Å². The number of esters is 1. The Balaban J connectivity index is 0.966. The number of hydrogen-bond donors (Lipinski definition) is 2. The number of para-hydroxylation sites is 1. The van der Waals surface area contributed by atoms with Crippen molar-refractivity contribution in [3.8, 4) is 5.75 Å². The number of hydrogen-bond acceptors (Lipinski definition) is 10. The molecular formula is C41H45F3N5O8PS. The first-order valence-electron chi connectivity index (χ1n) is 19.9. The first-order valence-corrected chi connectivity index (χ1v) is 22.5. The van der Waals surface area contributed by atoms with E-state index in [9.17, 15) is 32.5 Å². The highest BCUT2D eigenvalue weighted by molar-refractivity contribution is 7.57. The molecule has 3 saturated heterocycles. The Morgan fingerprint density at radius 2 is 1.78 bits per heavy atom. The lowest BCUT2D eigenvalue weighted by Crippen LogP contribution is -2.59. The molecule has 1 aliphatic carbocycles. The molecule has 2 N–H and O–H groups in total. The minimum absolute atomic E-state index is 0.00126. The molecule has 8 atom stereocenters. The highest BCUT2D eigenvalue weighted by atomic mass is 32.1. The topological polar surface area (TPSA) is 160 Å². The lowest BCUT2D eigenvalue weighted by atomic mass is 9.94. The number of amides is 3. The Morgan fingerprint density at radius 3 is 2.51 bits per heavy atom. The van der Waals surface area contributed by atoms with Gasteiger partial charge in [-0.3, -0.25) is 23.7 Å². The Bertz CT molecular complexity index is 2270. The van der Waals surface area contributed by atoms with Crippen molar-refractivity contribution >= 4 is 52.6 Å². The van der Waals surface area contributed by atoms with Gasteiger partial charge < -0.3 is 28.9 Å². The number of nitrogens with zero attached hydrogens (tertiary/aromatic N) is 3. The van der Waals surface area contributed by atoms with Crippen molar-refractivity contribution in [3.63, 3.8) is 0 Å². The summed E-state index contributed by atoms with van der Waals surface area (Å²) >= 11 is 1.16. The van der Waals surface area contributed by atoms with Gasteiger partial charge >= 0.3 is 13.5 Å². The van der Waals surface area contributed by atoms with Gasteiger partial charge in [0.2, 0.25) is 23.5 Å². The number of likely N-dealkylation sites (tertiary alicyclic amines) is 1. The van der Waals surface area contributed by atoms with Crippen molar-refractivity contribution in [2.45, 2.75) is 94.8 Å². The quantitative estimate of drug-likeness (QED) is 0.0960. The van der Waals surface area contributed by atoms with Crippen molar-refractivity contribution in [2.24, 2.45) is 11.8 Å². The van der Waals surface area contributed by atoms with Gasteiger partial charge in [0.15, 0.2) is 0 Å². The van der Waals surface area contributed by atoms with Crippen LogP contribution in [0.4, 0.5) is 13.2 Å². The van der Waals surface area contributed by atoms with E-state index in [-0.39, 0.29) is 65.6 Å². The van der Waals surface area contributed by atoms with Crippen LogP contribution in [0.1, 0.15) is 97.3 Å². The number of aromatic nitrogens is 1. The van der Waals surface area contributed by atoms with Crippen LogP contribution < -0.4 is 14.9 Å². The summed E-state index contributed by atoms with van der Waals surface area (Å²) in [5.74, 6) is -3.86. The van der Waals surface area contributed by atoms with Crippen LogP contribution in [0.25, 0.3) is 10.1 Å². The molecule has 3 amide bonds. The molecule has 5 heterocycles. The maximum absolute atomic E-state index is 16.5. The number of alkyl halides is 3. The largest absolute Gasteiger partial charge is 0.465 e. The Hall–Kier alpha value is -4.73. The molecule has 59 heavy (non-hydrogen) atoms. The molecule has 4 fully saturated rings. The summed E-state index contributed by atoms with van der Waals surface area (Å²) < 4.78 is 73.2. The number of halogens is 3. The van der Waals surface area contributed by atoms with Gasteiger partial charge in [-0.05, 0) is 98.6 Å². The van der Waals surface area contributed by atoms with Gasteiger partial charge in [-0.25, -0.2) is 18.3 Å². The number of fused-ring (bicyclic) bond motifs is 3. The fourth-order valence-electron chi connectivity index (χ4n) is 8.46. The van der Waals surface area contributed by atoms with Crippen LogP contribution in [0.3, 0.4) is 0 Å². The van der Waals surface area contributed by atoms with Gasteiger partial charge in [0, 0.05) is 35.8 Å². The molecule has 18 heteroatoms. The first kappa shape index (κ1) is 41.0. The lowest BCUT2D eigenvalue weighted by molar-refractivity contribution is -0.149. The average molecular weight is 856 g/mol. The summed E-state index contributed by atoms with van der Waals surface area (Å²) in [5, 5.41) is 9.78. The van der Waals surface area contributed by atoms with Crippen LogP contribution in [0.2, 0.25) is 0 Å². The number of thiophene rings is 1. The van der Waals surface area contributed by atoms with E-state index in [2.05, 4.69) is 15.6 Å². The van der Waals surface area contributed by atoms with Crippen molar-refractivity contribution in [1.82, 2.24) is 25.4 Å². The van der Waals surface area contributed by atoms with E-state index in [1.54, 1.807) is 40.1 Å². The summed E-state index contributed by atoms with van der Waals surface area (Å²) in [4.78, 5) is 58.2. The zero-order valence-electron chi connectivity index (χ0n) is 32.4. The molecule has 0 spiro atoms. The highest BCUT2D eigenvalue weighted by Gasteiger charge is 2.53. The van der Waals surface area contributed by atoms with Crippen LogP contribution in [-0.4, -0.2) is 82.5 Å². The molecule has 4 aromatic rings. The van der Waals surface area contributed by atoms with Crippen LogP contribution >= 0.6 is 18.9 Å². The van der Waals surface area contributed by atoms with Crippen LogP contribution in [0, 0.1) is 11.8 Å². The summed E-state index contributed by atoms with van der Waals surface area (Å²) in [5.41, 5.74) is 0.368. The SMILES string of the molecule is CCCOC(=O)[C@H](C)NP(=O)(Oc1ccccc1)C(F)c1ccc2sc(C(=O)N[C@H]3C[C@@H]4C[C@@H]4C[C@H]4CCC(C(=O)N5CC(c6cc(C(F)F)on6)C5)N4C3=O)cc2c1. The van der Waals surface area contributed by atoms with Crippen LogP contribution in [0.15, 0.2) is 65.2 Å². The van der Waals surface area contributed by atoms with Gasteiger partial charge in [0.25, 0.3) is 12.3 Å². The Labute approximate surface area is 342 Å². The van der Waals surface area contributed by atoms with Crippen molar-refractivity contribution in [2.75, 3.05) is 19.7 Å². The number of ether oxygens (including phenoxy) is 1. The van der Waals surface area contributed by atoms with E-state index < -0.39 is 55.6 Å². The molecule has 8 rings (SSSR count). The van der Waals surface area contributed by atoms with E-state index in [1.165, 1.54) is 37.3 Å². The van der Waals surface area contributed by atoms with Crippen LogP contribution in [0.5, 0.6) is 5.75 Å². The van der Waals surface area contributed by atoms with Gasteiger partial charge in [-0.2, -0.15) is 0 Å². The highest BCUT2D eigenvalue weighted by Crippen LogP contribution is 2.58. The molecule has 3 unspecified atom stereocenters. The molecule has 4 aliphatic rings. The van der Waals surface area contributed by atoms with Gasteiger partial charge in [0.05, 0.1) is 17.2 Å². The fourth-order valence-corrected chi connectivity index (χ4v) is 11.3. The molecule has 13 nitrogen and oxygen atoms in total. The number of benzene rings is 2. The molecule has 314 valence electrons. The minimum Gasteiger partial charge on any atom is -0.465 e. The molecular weight excluding hydrogens is 811 g/mol. The number of nitrogens with one attached hydrogen (secondary N) is 2. The van der Waals surface area contributed by atoms with E-state index in [1.807, 2.05) is 6.92 Å². The summed E-state index contributed by atoms with van der Waals surface area (Å²) in [6.07, 6.45) is 1.13. The molecule has 0 bridgehead atoms. The van der Waals surface area contributed by atoms with E-state index in [0.29, 0.717) is 47.4 Å². The zero-order chi connectivity index (χ0) is 41.6. The predicted octanol–water partition coefficient (Wildman–Crippen LogP) is 7.51. The second-order valence-corrected chi connectivity index (χ2v) is 19.1. The minimum atomic E-state index is -4.47. The Morgan fingerprint density at radius 1 is 1.02 bits per heavy atom. The third kappa shape index (κ3) is 8.51. The molecule has 2 aromatic heterocycles. The third-order valence-electron chi connectivity index (χ3n) is 11.7. The second-order valence-electron chi connectivity index (χ2n) is 15.9. The zero-order valence-corrected chi connectivity index (χ0v) is 34.1. The molecule has 1 saturated carbocycles. The van der Waals surface area contributed by atoms with Gasteiger partial charge in [-0.1, -0.05) is 36.3 Å². The maximum atomic E-state index is 16.5. The van der Waals surface area contributed by atoms with E-state index in [4.69, 9.17) is 13.8 Å². The molecule has 3 aliphatic heterocycles. The summed E-state index contributed by atoms with van der Waals surface area (Å²) in [6, 6.07) is 12.6. The Kier molecular flexibility index (Phi) is 11.6. The second kappa shape index (κ2) is 16.7. The predicted molar refractivity (Wildman–Crippen MR) is 211 cm³/mol. The first-order chi connectivity index (χ1) is 28.3. The van der Waals surface area contributed by atoms with Crippen molar-refractivity contribution < 1.29 is 50.7 Å². The summed E-state index contributed by atoms with van der Waals surface area (Å²) in [7, 11) is -4.47. The fraction of sp³-hybridized carbons (Fsp3) is 0.488. The lowest BCUT2D eigenvalue weighted by Gasteiger charge is -2.42.